The topological polar surface area (TPSA) is 49.3 Å². The Balaban J connectivity index is 1.80. The van der Waals surface area contributed by atoms with Crippen molar-refractivity contribution in [2.75, 3.05) is 6.54 Å². The van der Waals surface area contributed by atoms with Gasteiger partial charge in [-0.25, -0.2) is 0 Å². The molecule has 0 aliphatic rings. The third-order valence-corrected chi connectivity index (χ3v) is 3.21. The number of carbonyl (C=O) groups excluding carboxylic acids is 1. The van der Waals surface area contributed by atoms with Crippen molar-refractivity contribution in [3.8, 4) is 5.75 Å². The maximum absolute atomic E-state index is 11.9. The molecule has 2 aromatic carbocycles. The Morgan fingerprint density at radius 2 is 1.90 bits per heavy atom. The van der Waals surface area contributed by atoms with Crippen molar-refractivity contribution in [2.45, 2.75) is 12.8 Å². The van der Waals surface area contributed by atoms with Gasteiger partial charge in [-0.15, -0.1) is 0 Å². The Morgan fingerprint density at radius 3 is 2.60 bits per heavy atom. The van der Waals surface area contributed by atoms with Gasteiger partial charge in [0.2, 0.25) is 0 Å². The maximum Gasteiger partial charge on any atom is 0.255 e. The second-order valence-corrected chi connectivity index (χ2v) is 4.94. The van der Waals surface area contributed by atoms with E-state index in [-0.39, 0.29) is 17.2 Å². The number of hydrogen-bond acceptors (Lipinski definition) is 2. The van der Waals surface area contributed by atoms with Crippen LogP contribution < -0.4 is 5.32 Å². The van der Waals surface area contributed by atoms with Gasteiger partial charge in [0, 0.05) is 11.6 Å². The zero-order valence-corrected chi connectivity index (χ0v) is 11.7. The Morgan fingerprint density at radius 1 is 1.15 bits per heavy atom. The van der Waals surface area contributed by atoms with Crippen molar-refractivity contribution in [3.05, 3.63) is 64.7 Å². The van der Waals surface area contributed by atoms with E-state index in [9.17, 15) is 9.90 Å². The van der Waals surface area contributed by atoms with Crippen LogP contribution in [0.15, 0.2) is 48.5 Å². The quantitative estimate of drug-likeness (QED) is 0.829. The summed E-state index contributed by atoms with van der Waals surface area (Å²) in [6.45, 7) is 0.565. The van der Waals surface area contributed by atoms with Crippen LogP contribution in [0, 0.1) is 0 Å². The highest BCUT2D eigenvalue weighted by molar-refractivity contribution is 6.30. The van der Waals surface area contributed by atoms with E-state index in [2.05, 4.69) is 17.4 Å². The summed E-state index contributed by atoms with van der Waals surface area (Å²) in [5.41, 5.74) is 1.49. The lowest BCUT2D eigenvalue weighted by atomic mass is 10.1. The van der Waals surface area contributed by atoms with Gasteiger partial charge in [-0.1, -0.05) is 41.9 Å². The van der Waals surface area contributed by atoms with E-state index < -0.39 is 0 Å². The Bertz CT molecular complexity index is 584. The van der Waals surface area contributed by atoms with E-state index in [1.54, 1.807) is 6.07 Å². The minimum Gasteiger partial charge on any atom is -0.507 e. The minimum absolute atomic E-state index is 0.0990. The Kier molecular flexibility index (Phi) is 5.02. The molecule has 2 rings (SSSR count). The van der Waals surface area contributed by atoms with Crippen molar-refractivity contribution >= 4 is 17.5 Å². The Hall–Kier alpha value is -2.00. The van der Waals surface area contributed by atoms with Gasteiger partial charge in [0.05, 0.1) is 5.56 Å². The van der Waals surface area contributed by atoms with Gasteiger partial charge in [0.1, 0.15) is 5.75 Å². The van der Waals surface area contributed by atoms with Gasteiger partial charge >= 0.3 is 0 Å². The van der Waals surface area contributed by atoms with E-state index in [0.29, 0.717) is 11.6 Å². The molecular weight excluding hydrogens is 274 g/mol. The molecule has 0 aliphatic carbocycles. The van der Waals surface area contributed by atoms with Crippen molar-refractivity contribution < 1.29 is 9.90 Å². The van der Waals surface area contributed by atoms with Crippen LogP contribution in [-0.2, 0) is 6.42 Å². The predicted molar refractivity (Wildman–Crippen MR) is 80.2 cm³/mol. The molecule has 2 aromatic rings. The number of benzene rings is 2. The van der Waals surface area contributed by atoms with Crippen LogP contribution in [0.3, 0.4) is 0 Å². The predicted octanol–water partition coefficient (Wildman–Crippen LogP) is 3.41. The minimum atomic E-state index is -0.285. The standard InChI is InChI=1S/C16H16ClNO2/c17-13-8-9-14(15(19)11-13)16(20)18-10-4-7-12-5-2-1-3-6-12/h1-3,5-6,8-9,11,19H,4,7,10H2,(H,18,20). The summed E-state index contributed by atoms with van der Waals surface area (Å²) in [6.07, 6.45) is 1.76. The lowest BCUT2D eigenvalue weighted by molar-refractivity contribution is 0.0950. The summed E-state index contributed by atoms with van der Waals surface area (Å²) >= 11 is 5.72. The molecule has 0 saturated carbocycles. The zero-order chi connectivity index (χ0) is 14.4. The molecule has 2 N–H and O–H groups in total. The molecule has 0 fully saturated rings. The fraction of sp³-hybridized carbons (Fsp3) is 0.188. The average molecular weight is 290 g/mol. The fourth-order valence-corrected chi connectivity index (χ4v) is 2.10. The van der Waals surface area contributed by atoms with Gasteiger partial charge in [-0.3, -0.25) is 4.79 Å². The zero-order valence-electron chi connectivity index (χ0n) is 11.0. The number of carbonyl (C=O) groups is 1. The van der Waals surface area contributed by atoms with Crippen LogP contribution in [0.2, 0.25) is 5.02 Å². The van der Waals surface area contributed by atoms with Crippen LogP contribution in [-0.4, -0.2) is 17.6 Å². The van der Waals surface area contributed by atoms with Crippen molar-refractivity contribution in [2.24, 2.45) is 0 Å². The monoisotopic (exact) mass is 289 g/mol. The van der Waals surface area contributed by atoms with Crippen molar-refractivity contribution in [1.82, 2.24) is 5.32 Å². The van der Waals surface area contributed by atoms with E-state index in [0.717, 1.165) is 12.8 Å². The average Bonchev–Trinajstić information content (AvgIpc) is 2.44. The second kappa shape index (κ2) is 6.96. The summed E-state index contributed by atoms with van der Waals surface area (Å²) in [5, 5.41) is 12.8. The van der Waals surface area contributed by atoms with Crippen LogP contribution in [0.25, 0.3) is 0 Å². The highest BCUT2D eigenvalue weighted by atomic mass is 35.5. The number of aromatic hydroxyl groups is 1. The number of aryl methyl sites for hydroxylation is 1. The number of amides is 1. The largest absolute Gasteiger partial charge is 0.507 e. The molecule has 20 heavy (non-hydrogen) atoms. The molecular formula is C16H16ClNO2. The number of halogens is 1. The molecule has 0 saturated heterocycles. The number of phenols is 1. The lowest BCUT2D eigenvalue weighted by Gasteiger charge is -2.07. The van der Waals surface area contributed by atoms with Crippen molar-refractivity contribution in [3.63, 3.8) is 0 Å². The van der Waals surface area contributed by atoms with Gasteiger partial charge in [-0.05, 0) is 36.6 Å². The summed E-state index contributed by atoms with van der Waals surface area (Å²) in [6, 6.07) is 14.6. The molecule has 0 aliphatic heterocycles. The maximum atomic E-state index is 11.9. The molecule has 1 amide bonds. The molecule has 4 heteroatoms. The molecule has 0 bridgehead atoms. The van der Waals surface area contributed by atoms with E-state index in [1.165, 1.54) is 17.7 Å². The first-order chi connectivity index (χ1) is 9.66. The summed E-state index contributed by atoms with van der Waals surface area (Å²) in [5.74, 6) is -0.384. The molecule has 0 radical (unpaired) electrons. The van der Waals surface area contributed by atoms with Crippen LogP contribution >= 0.6 is 11.6 Å². The van der Waals surface area contributed by atoms with Gasteiger partial charge in [-0.2, -0.15) is 0 Å². The molecule has 0 unspecified atom stereocenters. The molecule has 0 atom stereocenters. The number of rotatable bonds is 5. The third-order valence-electron chi connectivity index (χ3n) is 2.98. The SMILES string of the molecule is O=C(NCCCc1ccccc1)c1ccc(Cl)cc1O. The fourth-order valence-electron chi connectivity index (χ4n) is 1.93. The molecule has 104 valence electrons. The molecule has 0 aromatic heterocycles. The highest BCUT2D eigenvalue weighted by Crippen LogP contribution is 2.21. The molecule has 3 nitrogen and oxygen atoms in total. The first-order valence-electron chi connectivity index (χ1n) is 6.47. The van der Waals surface area contributed by atoms with E-state index >= 15 is 0 Å². The molecule has 0 heterocycles. The summed E-state index contributed by atoms with van der Waals surface area (Å²) < 4.78 is 0. The van der Waals surface area contributed by atoms with Crippen LogP contribution in [0.1, 0.15) is 22.3 Å². The number of nitrogens with one attached hydrogen (secondary N) is 1. The highest BCUT2D eigenvalue weighted by Gasteiger charge is 2.10. The van der Waals surface area contributed by atoms with Gasteiger partial charge in [0.15, 0.2) is 0 Å². The van der Waals surface area contributed by atoms with Gasteiger partial charge < -0.3 is 10.4 Å². The summed E-state index contributed by atoms with van der Waals surface area (Å²) in [7, 11) is 0. The van der Waals surface area contributed by atoms with Crippen LogP contribution in [0.5, 0.6) is 5.75 Å². The first-order valence-corrected chi connectivity index (χ1v) is 6.85. The normalized spacial score (nSPS) is 10.2. The lowest BCUT2D eigenvalue weighted by Crippen LogP contribution is -2.24. The Labute approximate surface area is 123 Å². The third kappa shape index (κ3) is 4.00. The first kappa shape index (κ1) is 14.4. The van der Waals surface area contributed by atoms with Gasteiger partial charge in [0.25, 0.3) is 5.91 Å². The van der Waals surface area contributed by atoms with Crippen LogP contribution in [0.4, 0.5) is 0 Å². The smallest absolute Gasteiger partial charge is 0.255 e. The van der Waals surface area contributed by atoms with Crippen molar-refractivity contribution in [1.29, 1.82) is 0 Å². The number of phenolic OH excluding ortho intramolecular Hbond substituents is 1. The van der Waals surface area contributed by atoms with E-state index in [1.807, 2.05) is 18.2 Å². The second-order valence-electron chi connectivity index (χ2n) is 4.51. The molecule has 0 spiro atoms. The van der Waals surface area contributed by atoms with E-state index in [4.69, 9.17) is 11.6 Å². The number of hydrogen-bond donors (Lipinski definition) is 2. The summed E-state index contributed by atoms with van der Waals surface area (Å²) in [4.78, 5) is 11.9.